The third kappa shape index (κ3) is 4.50. The summed E-state index contributed by atoms with van der Waals surface area (Å²) in [4.78, 5) is 28.2. The van der Waals surface area contributed by atoms with Gasteiger partial charge >= 0.3 is 0 Å². The number of hydrogen-bond acceptors (Lipinski definition) is 2. The van der Waals surface area contributed by atoms with Crippen molar-refractivity contribution in [1.82, 2.24) is 10.2 Å². The molecule has 0 aromatic heterocycles. The molecule has 1 aliphatic heterocycles. The molecule has 4 nitrogen and oxygen atoms in total. The van der Waals surface area contributed by atoms with Gasteiger partial charge in [-0.25, -0.2) is 0 Å². The van der Waals surface area contributed by atoms with Crippen molar-refractivity contribution in [3.8, 4) is 11.1 Å². The molecule has 1 atom stereocenters. The Morgan fingerprint density at radius 1 is 1.00 bits per heavy atom. The molecule has 0 radical (unpaired) electrons. The maximum Gasteiger partial charge on any atom is 0.226 e. The average molecular weight is 431 g/mol. The number of piperidine rings is 1. The van der Waals surface area contributed by atoms with Crippen LogP contribution in [0, 0.1) is 18.3 Å². The molecular weight excluding hydrogens is 396 g/mol. The molecule has 1 unspecified atom stereocenters. The van der Waals surface area contributed by atoms with Gasteiger partial charge in [-0.1, -0.05) is 60.7 Å². The highest BCUT2D eigenvalue weighted by atomic mass is 16.2. The predicted molar refractivity (Wildman–Crippen MR) is 129 cm³/mol. The molecule has 32 heavy (non-hydrogen) atoms. The second kappa shape index (κ2) is 9.72. The zero-order valence-corrected chi connectivity index (χ0v) is 19.3. The van der Waals surface area contributed by atoms with Crippen molar-refractivity contribution in [3.05, 3.63) is 71.8 Å². The quantitative estimate of drug-likeness (QED) is 0.685. The van der Waals surface area contributed by atoms with Crippen LogP contribution in [0.3, 0.4) is 0 Å². The molecule has 2 aliphatic rings. The second-order valence-corrected chi connectivity index (χ2v) is 9.31. The van der Waals surface area contributed by atoms with E-state index in [9.17, 15) is 9.59 Å². The number of carbonyl (C=O) groups is 2. The summed E-state index contributed by atoms with van der Waals surface area (Å²) in [6.07, 6.45) is 9.16. The van der Waals surface area contributed by atoms with Crippen LogP contribution in [0.25, 0.3) is 11.1 Å². The van der Waals surface area contributed by atoms with Crippen molar-refractivity contribution in [2.75, 3.05) is 20.1 Å². The van der Waals surface area contributed by atoms with Crippen molar-refractivity contribution in [1.29, 1.82) is 0 Å². The van der Waals surface area contributed by atoms with Gasteiger partial charge < -0.3 is 10.2 Å². The number of amides is 2. The Morgan fingerprint density at radius 3 is 2.34 bits per heavy atom. The van der Waals surface area contributed by atoms with Crippen molar-refractivity contribution in [2.45, 2.75) is 45.4 Å². The van der Waals surface area contributed by atoms with E-state index >= 15 is 0 Å². The highest BCUT2D eigenvalue weighted by molar-refractivity contribution is 5.84. The van der Waals surface area contributed by atoms with E-state index in [0.717, 1.165) is 19.3 Å². The first kappa shape index (κ1) is 22.3. The first-order valence-electron chi connectivity index (χ1n) is 11.8. The van der Waals surface area contributed by atoms with Crippen LogP contribution in [0.2, 0.25) is 0 Å². The second-order valence-electron chi connectivity index (χ2n) is 9.31. The summed E-state index contributed by atoms with van der Waals surface area (Å²) in [6.45, 7) is 3.43. The van der Waals surface area contributed by atoms with Gasteiger partial charge in [-0.05, 0) is 67.7 Å². The van der Waals surface area contributed by atoms with Crippen LogP contribution < -0.4 is 5.32 Å². The monoisotopic (exact) mass is 430 g/mol. The minimum atomic E-state index is -0.489. The summed E-state index contributed by atoms with van der Waals surface area (Å²) in [5, 5.41) is 2.92. The number of allylic oxidation sites excluding steroid dienone is 2. The van der Waals surface area contributed by atoms with Crippen molar-refractivity contribution >= 4 is 11.8 Å². The van der Waals surface area contributed by atoms with Crippen molar-refractivity contribution in [3.63, 3.8) is 0 Å². The van der Waals surface area contributed by atoms with Gasteiger partial charge in [0.25, 0.3) is 0 Å². The number of nitrogens with one attached hydrogen (secondary N) is 1. The number of nitrogens with zero attached hydrogens (tertiary/aromatic N) is 1. The topological polar surface area (TPSA) is 49.4 Å². The summed E-state index contributed by atoms with van der Waals surface area (Å²) in [5.41, 5.74) is 4.35. The predicted octanol–water partition coefficient (Wildman–Crippen LogP) is 4.92. The standard InChI is InChI=1S/C28H34N2O2/c1-21-10-6-8-14-24(21)25-15-9-7-13-23(25)20-28(27(32)29-2)16-18-30(19-17-28)26(31)22-11-4-3-5-12-22/h3-4,6-10,13-15,22H,5,11-12,16-20H2,1-2H3,(H,29,32). The van der Waals surface area contributed by atoms with Gasteiger partial charge in [0.05, 0.1) is 5.41 Å². The Hall–Kier alpha value is -2.88. The SMILES string of the molecule is CNC(=O)C1(Cc2ccccc2-c2ccccc2C)CCN(C(=O)C2CC=CCC2)CC1. The molecule has 1 N–H and O–H groups in total. The molecule has 2 amide bonds. The molecule has 4 rings (SSSR count). The molecule has 2 aromatic rings. The molecular formula is C28H34N2O2. The summed E-state index contributed by atoms with van der Waals surface area (Å²) >= 11 is 0. The van der Waals surface area contributed by atoms with Gasteiger partial charge in [0.2, 0.25) is 11.8 Å². The smallest absolute Gasteiger partial charge is 0.226 e. The maximum absolute atomic E-state index is 13.2. The average Bonchev–Trinajstić information content (AvgIpc) is 2.85. The zero-order chi connectivity index (χ0) is 22.6. The number of benzene rings is 2. The van der Waals surface area contributed by atoms with E-state index < -0.39 is 5.41 Å². The normalized spacial score (nSPS) is 20.1. The molecule has 2 aromatic carbocycles. The number of hydrogen-bond donors (Lipinski definition) is 1. The van der Waals surface area contributed by atoms with Crippen LogP contribution in [0.4, 0.5) is 0 Å². The zero-order valence-electron chi connectivity index (χ0n) is 19.3. The number of carbonyl (C=O) groups excluding carboxylic acids is 2. The van der Waals surface area contributed by atoms with Crippen molar-refractivity contribution in [2.24, 2.45) is 11.3 Å². The molecule has 168 valence electrons. The van der Waals surface area contributed by atoms with Gasteiger partial charge in [-0.2, -0.15) is 0 Å². The van der Waals surface area contributed by atoms with Crippen molar-refractivity contribution < 1.29 is 9.59 Å². The van der Waals surface area contributed by atoms with Crippen LogP contribution in [-0.4, -0.2) is 36.9 Å². The van der Waals surface area contributed by atoms with E-state index in [0.29, 0.717) is 32.4 Å². The van der Waals surface area contributed by atoms with E-state index in [1.54, 1.807) is 7.05 Å². The Morgan fingerprint density at radius 2 is 1.69 bits per heavy atom. The van der Waals surface area contributed by atoms with Gasteiger partial charge in [-0.15, -0.1) is 0 Å². The van der Waals surface area contributed by atoms with Gasteiger partial charge in [0.15, 0.2) is 0 Å². The molecule has 0 bridgehead atoms. The molecule has 0 saturated carbocycles. The summed E-state index contributed by atoms with van der Waals surface area (Å²) < 4.78 is 0. The lowest BCUT2D eigenvalue weighted by Crippen LogP contribution is -2.51. The Labute approximate surface area is 191 Å². The highest BCUT2D eigenvalue weighted by Crippen LogP contribution is 2.39. The van der Waals surface area contributed by atoms with Gasteiger partial charge in [0.1, 0.15) is 0 Å². The minimum Gasteiger partial charge on any atom is -0.359 e. The number of aryl methyl sites for hydroxylation is 1. The third-order valence-electron chi connectivity index (χ3n) is 7.34. The van der Waals surface area contributed by atoms with Gasteiger partial charge in [0, 0.05) is 26.1 Å². The van der Waals surface area contributed by atoms with E-state index in [2.05, 4.69) is 72.9 Å². The largest absolute Gasteiger partial charge is 0.359 e. The Kier molecular flexibility index (Phi) is 6.78. The van der Waals surface area contributed by atoms with E-state index in [1.807, 2.05) is 4.90 Å². The van der Waals surface area contributed by atoms with Crippen LogP contribution in [0.15, 0.2) is 60.7 Å². The highest BCUT2D eigenvalue weighted by Gasteiger charge is 2.43. The first-order valence-corrected chi connectivity index (χ1v) is 11.8. The fourth-order valence-electron chi connectivity index (χ4n) is 5.36. The van der Waals surface area contributed by atoms with E-state index in [-0.39, 0.29) is 17.7 Å². The summed E-state index contributed by atoms with van der Waals surface area (Å²) in [7, 11) is 1.73. The van der Waals surface area contributed by atoms with Crippen LogP contribution in [0.1, 0.15) is 43.2 Å². The Balaban J connectivity index is 1.56. The third-order valence-corrected chi connectivity index (χ3v) is 7.34. The molecule has 1 aliphatic carbocycles. The molecule has 1 fully saturated rings. The fraction of sp³-hybridized carbons (Fsp3) is 0.429. The fourth-order valence-corrected chi connectivity index (χ4v) is 5.36. The van der Waals surface area contributed by atoms with Crippen LogP contribution >= 0.6 is 0 Å². The van der Waals surface area contributed by atoms with Crippen LogP contribution in [0.5, 0.6) is 0 Å². The lowest BCUT2D eigenvalue weighted by Gasteiger charge is -2.42. The van der Waals surface area contributed by atoms with E-state index in [1.165, 1.54) is 22.3 Å². The Bertz CT molecular complexity index is 1000. The molecule has 4 heteroatoms. The lowest BCUT2D eigenvalue weighted by atomic mass is 9.71. The van der Waals surface area contributed by atoms with Crippen LogP contribution in [-0.2, 0) is 16.0 Å². The summed E-state index contributed by atoms with van der Waals surface area (Å²) in [6, 6.07) is 16.8. The number of rotatable bonds is 5. The lowest BCUT2D eigenvalue weighted by molar-refractivity contribution is -0.143. The van der Waals surface area contributed by atoms with Gasteiger partial charge in [-0.3, -0.25) is 9.59 Å². The maximum atomic E-state index is 13.2. The summed E-state index contributed by atoms with van der Waals surface area (Å²) in [5.74, 6) is 0.458. The molecule has 1 heterocycles. The molecule has 1 saturated heterocycles. The number of likely N-dealkylation sites (tertiary alicyclic amines) is 1. The molecule has 0 spiro atoms. The first-order chi connectivity index (χ1) is 15.5. The minimum absolute atomic E-state index is 0.0878. The van der Waals surface area contributed by atoms with E-state index in [4.69, 9.17) is 0 Å².